The van der Waals surface area contributed by atoms with Crippen LogP contribution in [0.3, 0.4) is 0 Å². The largest absolute Gasteiger partial charge is 0.493 e. The lowest BCUT2D eigenvalue weighted by Crippen LogP contribution is -2.30. The van der Waals surface area contributed by atoms with Gasteiger partial charge in [-0.15, -0.1) is 0 Å². The van der Waals surface area contributed by atoms with Crippen molar-refractivity contribution in [3.63, 3.8) is 0 Å². The fraction of sp³-hybridized carbons (Fsp3) is 0.400. The van der Waals surface area contributed by atoms with E-state index in [2.05, 4.69) is 0 Å². The first-order valence-corrected chi connectivity index (χ1v) is 5.33. The first-order valence-electron chi connectivity index (χ1n) is 4.95. The van der Waals surface area contributed by atoms with Gasteiger partial charge in [-0.1, -0.05) is 17.7 Å². The molecule has 0 bridgehead atoms. The maximum atomic E-state index is 8.95. The Morgan fingerprint density at radius 3 is 2.67 bits per heavy atom. The van der Waals surface area contributed by atoms with Crippen LogP contribution < -0.4 is 10.2 Å². The molecular weight excluding hydrogens is 214 g/mol. The second-order valence-electron chi connectivity index (χ2n) is 3.81. The maximum Gasteiger partial charge on any atom is 0.489 e. The number of hydrogen-bond donors (Lipinski definition) is 2. The molecule has 1 aromatic carbocycles. The van der Waals surface area contributed by atoms with Gasteiger partial charge >= 0.3 is 7.12 Å². The fourth-order valence-electron chi connectivity index (χ4n) is 1.31. The zero-order valence-electron chi connectivity index (χ0n) is 8.19. The fourth-order valence-corrected chi connectivity index (χ4v) is 1.57. The number of rotatable bonds is 4. The van der Waals surface area contributed by atoms with Crippen molar-refractivity contribution >= 4 is 24.2 Å². The summed E-state index contributed by atoms with van der Waals surface area (Å²) in [6.07, 6.45) is 2.47. The third-order valence-electron chi connectivity index (χ3n) is 2.43. The van der Waals surface area contributed by atoms with Crippen LogP contribution in [0.2, 0.25) is 5.02 Å². The molecular formula is C10H12BClO3. The topological polar surface area (TPSA) is 49.7 Å². The lowest BCUT2D eigenvalue weighted by molar-refractivity contribution is 0.300. The van der Waals surface area contributed by atoms with E-state index < -0.39 is 7.12 Å². The summed E-state index contributed by atoms with van der Waals surface area (Å²) >= 11 is 5.86. The van der Waals surface area contributed by atoms with E-state index >= 15 is 0 Å². The highest BCUT2D eigenvalue weighted by Gasteiger charge is 2.22. The summed E-state index contributed by atoms with van der Waals surface area (Å²) in [4.78, 5) is 0. The number of halogens is 1. The summed E-state index contributed by atoms with van der Waals surface area (Å²) in [5.41, 5.74) is 0.301. The Morgan fingerprint density at radius 1 is 1.40 bits per heavy atom. The Morgan fingerprint density at radius 2 is 2.13 bits per heavy atom. The lowest BCUT2D eigenvalue weighted by Gasteiger charge is -2.08. The van der Waals surface area contributed by atoms with E-state index in [1.807, 2.05) is 0 Å². The Balaban J connectivity index is 2.03. The first kappa shape index (κ1) is 10.8. The van der Waals surface area contributed by atoms with Gasteiger partial charge in [0.15, 0.2) is 0 Å². The van der Waals surface area contributed by atoms with Crippen LogP contribution in [-0.4, -0.2) is 23.8 Å². The van der Waals surface area contributed by atoms with Crippen LogP contribution in [0.1, 0.15) is 12.8 Å². The van der Waals surface area contributed by atoms with Gasteiger partial charge in [0.2, 0.25) is 0 Å². The van der Waals surface area contributed by atoms with Crippen molar-refractivity contribution in [2.45, 2.75) is 12.8 Å². The third kappa shape index (κ3) is 2.87. The van der Waals surface area contributed by atoms with Gasteiger partial charge in [0.05, 0.1) is 6.61 Å². The minimum absolute atomic E-state index is 0.301. The Kier molecular flexibility index (Phi) is 3.19. The predicted octanol–water partition coefficient (Wildman–Crippen LogP) is 0.809. The average molecular weight is 226 g/mol. The molecule has 2 rings (SSSR count). The van der Waals surface area contributed by atoms with Crippen molar-refractivity contribution < 1.29 is 14.8 Å². The van der Waals surface area contributed by atoms with Crippen molar-refractivity contribution in [2.24, 2.45) is 5.92 Å². The second-order valence-corrected chi connectivity index (χ2v) is 4.22. The Bertz CT molecular complexity index is 353. The van der Waals surface area contributed by atoms with Crippen molar-refractivity contribution in [3.8, 4) is 5.75 Å². The summed E-state index contributed by atoms with van der Waals surface area (Å²) in [7, 11) is -1.53. The standard InChI is InChI=1S/C10H12BClO3/c12-10-5-8(15-6-7-1-2-7)3-4-9(10)11(13)14/h3-5,7,13-14H,1-2,6H2. The predicted molar refractivity (Wildman–Crippen MR) is 59.5 cm³/mol. The van der Waals surface area contributed by atoms with Crippen LogP contribution in [0.5, 0.6) is 5.75 Å². The molecule has 0 amide bonds. The second kappa shape index (κ2) is 4.43. The highest BCUT2D eigenvalue weighted by atomic mass is 35.5. The maximum absolute atomic E-state index is 8.95. The molecule has 0 heterocycles. The molecule has 3 nitrogen and oxygen atoms in total. The van der Waals surface area contributed by atoms with Crippen molar-refractivity contribution in [1.82, 2.24) is 0 Å². The Hall–Kier alpha value is -0.705. The van der Waals surface area contributed by atoms with E-state index in [-0.39, 0.29) is 0 Å². The van der Waals surface area contributed by atoms with E-state index in [1.165, 1.54) is 12.8 Å². The number of hydrogen-bond acceptors (Lipinski definition) is 3. The van der Waals surface area contributed by atoms with Gasteiger partial charge in [0, 0.05) is 10.5 Å². The number of benzene rings is 1. The van der Waals surface area contributed by atoms with Gasteiger partial charge in [0.1, 0.15) is 5.75 Å². The summed E-state index contributed by atoms with van der Waals surface area (Å²) in [6.45, 7) is 0.720. The van der Waals surface area contributed by atoms with Crippen LogP contribution in [0, 0.1) is 5.92 Å². The van der Waals surface area contributed by atoms with Gasteiger partial charge in [-0.3, -0.25) is 0 Å². The summed E-state index contributed by atoms with van der Waals surface area (Å²) in [5, 5.41) is 18.2. The molecule has 1 fully saturated rings. The van der Waals surface area contributed by atoms with Crippen LogP contribution in [0.25, 0.3) is 0 Å². The molecule has 0 saturated heterocycles. The van der Waals surface area contributed by atoms with E-state index in [0.717, 1.165) is 6.61 Å². The van der Waals surface area contributed by atoms with Crippen LogP contribution >= 0.6 is 11.6 Å². The molecule has 1 aromatic rings. The SMILES string of the molecule is OB(O)c1ccc(OCC2CC2)cc1Cl. The molecule has 80 valence electrons. The lowest BCUT2D eigenvalue weighted by atomic mass is 9.80. The molecule has 1 saturated carbocycles. The summed E-state index contributed by atoms with van der Waals surface area (Å²) in [6, 6.07) is 4.87. The Labute approximate surface area is 93.8 Å². The highest BCUT2D eigenvalue weighted by Crippen LogP contribution is 2.29. The molecule has 5 heteroatoms. The molecule has 0 spiro atoms. The summed E-state index contributed by atoms with van der Waals surface area (Å²) < 4.78 is 5.50. The zero-order chi connectivity index (χ0) is 10.8. The smallest absolute Gasteiger partial charge is 0.489 e. The molecule has 0 atom stereocenters. The quantitative estimate of drug-likeness (QED) is 0.747. The normalized spacial score (nSPS) is 15.1. The van der Waals surface area contributed by atoms with Crippen LogP contribution in [-0.2, 0) is 0 Å². The molecule has 1 aliphatic rings. The van der Waals surface area contributed by atoms with Crippen LogP contribution in [0.4, 0.5) is 0 Å². The zero-order valence-corrected chi connectivity index (χ0v) is 8.94. The average Bonchev–Trinajstić information content (AvgIpc) is 2.97. The minimum Gasteiger partial charge on any atom is -0.493 e. The van der Waals surface area contributed by atoms with Crippen molar-refractivity contribution in [2.75, 3.05) is 6.61 Å². The van der Waals surface area contributed by atoms with Gasteiger partial charge < -0.3 is 14.8 Å². The van der Waals surface area contributed by atoms with Crippen molar-refractivity contribution in [1.29, 1.82) is 0 Å². The van der Waals surface area contributed by atoms with Gasteiger partial charge in [-0.25, -0.2) is 0 Å². The van der Waals surface area contributed by atoms with Gasteiger partial charge in [-0.2, -0.15) is 0 Å². The van der Waals surface area contributed by atoms with E-state index in [0.29, 0.717) is 22.2 Å². The van der Waals surface area contributed by atoms with Crippen molar-refractivity contribution in [3.05, 3.63) is 23.2 Å². The van der Waals surface area contributed by atoms with Gasteiger partial charge in [0.25, 0.3) is 0 Å². The minimum atomic E-state index is -1.53. The first-order chi connectivity index (χ1) is 7.16. The molecule has 1 aliphatic carbocycles. The third-order valence-corrected chi connectivity index (χ3v) is 2.76. The monoisotopic (exact) mass is 226 g/mol. The molecule has 0 aromatic heterocycles. The molecule has 0 unspecified atom stereocenters. The van der Waals surface area contributed by atoms with E-state index in [9.17, 15) is 0 Å². The highest BCUT2D eigenvalue weighted by molar-refractivity contribution is 6.62. The number of ether oxygens (including phenoxy) is 1. The molecule has 15 heavy (non-hydrogen) atoms. The molecule has 0 aliphatic heterocycles. The van der Waals surface area contributed by atoms with Crippen LogP contribution in [0.15, 0.2) is 18.2 Å². The van der Waals surface area contributed by atoms with Gasteiger partial charge in [-0.05, 0) is 30.9 Å². The summed E-state index contributed by atoms with van der Waals surface area (Å²) in [5.74, 6) is 1.36. The molecule has 2 N–H and O–H groups in total. The van der Waals surface area contributed by atoms with E-state index in [4.69, 9.17) is 26.4 Å². The van der Waals surface area contributed by atoms with E-state index in [1.54, 1.807) is 18.2 Å². The molecule has 0 radical (unpaired) electrons.